The second-order valence-electron chi connectivity index (χ2n) is 4.16. The largest absolute Gasteiger partial charge is 0.456 e. The molecule has 0 aliphatic rings. The second-order valence-corrected chi connectivity index (χ2v) is 4.16. The number of rotatable bonds is 1. The van der Waals surface area contributed by atoms with Gasteiger partial charge in [-0.1, -0.05) is 0 Å². The molecule has 1 aromatic heterocycles. The lowest BCUT2D eigenvalue weighted by atomic mass is 10.1. The van der Waals surface area contributed by atoms with Gasteiger partial charge in [-0.3, -0.25) is 0 Å². The molecule has 3 nitrogen and oxygen atoms in total. The number of hydrogen-bond donors (Lipinski definition) is 0. The van der Waals surface area contributed by atoms with E-state index < -0.39 is 0 Å². The van der Waals surface area contributed by atoms with Crippen molar-refractivity contribution in [3.63, 3.8) is 0 Å². The second kappa shape index (κ2) is 4.33. The topological polar surface area (TPSA) is 60.7 Å². The van der Waals surface area contributed by atoms with Gasteiger partial charge in [0.25, 0.3) is 0 Å². The van der Waals surface area contributed by atoms with Gasteiger partial charge >= 0.3 is 0 Å². The molecule has 19 heavy (non-hydrogen) atoms. The molecule has 3 heteroatoms. The third-order valence-electron chi connectivity index (χ3n) is 2.94. The normalized spacial score (nSPS) is 10.0. The Bertz CT molecular complexity index is 830. The van der Waals surface area contributed by atoms with Crippen LogP contribution in [-0.2, 0) is 0 Å². The first-order chi connectivity index (χ1) is 9.30. The molecule has 2 aromatic carbocycles. The van der Waals surface area contributed by atoms with Crippen LogP contribution < -0.4 is 0 Å². The minimum absolute atomic E-state index is 0.611. The van der Waals surface area contributed by atoms with Crippen molar-refractivity contribution < 1.29 is 4.42 Å². The fraction of sp³-hybridized carbons (Fsp3) is 0. The molecule has 0 atom stereocenters. The fourth-order valence-electron chi connectivity index (χ4n) is 1.96. The summed E-state index contributed by atoms with van der Waals surface area (Å²) in [6.45, 7) is 0. The molecule has 0 N–H and O–H groups in total. The Labute approximate surface area is 109 Å². The summed E-state index contributed by atoms with van der Waals surface area (Å²) < 4.78 is 5.73. The van der Waals surface area contributed by atoms with E-state index in [0.717, 1.165) is 22.3 Å². The van der Waals surface area contributed by atoms with Gasteiger partial charge in [0.1, 0.15) is 11.3 Å². The number of nitrogens with zero attached hydrogens (tertiary/aromatic N) is 2. The van der Waals surface area contributed by atoms with Gasteiger partial charge in [-0.25, -0.2) is 0 Å². The van der Waals surface area contributed by atoms with Crippen molar-refractivity contribution in [2.45, 2.75) is 0 Å². The van der Waals surface area contributed by atoms with Crippen LogP contribution in [0.4, 0.5) is 0 Å². The van der Waals surface area contributed by atoms with Crippen molar-refractivity contribution in [3.8, 4) is 23.5 Å². The first-order valence-corrected chi connectivity index (χ1v) is 5.74. The molecule has 0 aliphatic heterocycles. The van der Waals surface area contributed by atoms with E-state index in [-0.39, 0.29) is 0 Å². The summed E-state index contributed by atoms with van der Waals surface area (Å²) in [4.78, 5) is 0. The number of nitriles is 2. The van der Waals surface area contributed by atoms with Crippen LogP contribution in [0.2, 0.25) is 0 Å². The summed E-state index contributed by atoms with van der Waals surface area (Å²) in [5.41, 5.74) is 2.89. The van der Waals surface area contributed by atoms with Gasteiger partial charge in [0.2, 0.25) is 0 Å². The van der Waals surface area contributed by atoms with Gasteiger partial charge in [-0.15, -0.1) is 0 Å². The van der Waals surface area contributed by atoms with Crippen LogP contribution >= 0.6 is 0 Å². The van der Waals surface area contributed by atoms with E-state index in [1.807, 2.05) is 18.2 Å². The van der Waals surface area contributed by atoms with Crippen LogP contribution in [0.5, 0.6) is 0 Å². The zero-order chi connectivity index (χ0) is 13.2. The monoisotopic (exact) mass is 244 g/mol. The maximum absolute atomic E-state index is 8.87. The summed E-state index contributed by atoms with van der Waals surface area (Å²) in [5.74, 6) is 0.731. The molecule has 0 spiro atoms. The third kappa shape index (κ3) is 1.94. The molecule has 0 saturated heterocycles. The van der Waals surface area contributed by atoms with Gasteiger partial charge in [-0.05, 0) is 48.5 Å². The molecule has 0 bridgehead atoms. The Hall–Kier alpha value is -3.04. The van der Waals surface area contributed by atoms with Crippen LogP contribution in [0.3, 0.4) is 0 Å². The maximum atomic E-state index is 8.87. The Morgan fingerprint density at radius 3 is 2.16 bits per heavy atom. The average Bonchev–Trinajstić information content (AvgIpc) is 2.90. The predicted octanol–water partition coefficient (Wildman–Crippen LogP) is 3.84. The molecular formula is C16H8N2O. The average molecular weight is 244 g/mol. The van der Waals surface area contributed by atoms with Crippen molar-refractivity contribution in [2.75, 3.05) is 0 Å². The van der Waals surface area contributed by atoms with E-state index in [9.17, 15) is 0 Å². The minimum atomic E-state index is 0.611. The van der Waals surface area contributed by atoms with Crippen molar-refractivity contribution in [1.29, 1.82) is 10.5 Å². The lowest BCUT2D eigenvalue weighted by Crippen LogP contribution is -1.75. The van der Waals surface area contributed by atoms with Gasteiger partial charge in [0, 0.05) is 10.9 Å². The van der Waals surface area contributed by atoms with Crippen LogP contribution in [0.1, 0.15) is 11.1 Å². The quantitative estimate of drug-likeness (QED) is 0.653. The van der Waals surface area contributed by atoms with Crippen molar-refractivity contribution in [3.05, 3.63) is 59.7 Å². The molecule has 0 amide bonds. The van der Waals surface area contributed by atoms with E-state index in [1.54, 1.807) is 30.3 Å². The van der Waals surface area contributed by atoms with Crippen molar-refractivity contribution in [2.24, 2.45) is 0 Å². The Kier molecular flexibility index (Phi) is 2.52. The first kappa shape index (κ1) is 11.1. The lowest BCUT2D eigenvalue weighted by molar-refractivity contribution is 0.631. The van der Waals surface area contributed by atoms with E-state index in [0.29, 0.717) is 11.1 Å². The third-order valence-corrected chi connectivity index (χ3v) is 2.94. The van der Waals surface area contributed by atoms with Crippen LogP contribution in [0.25, 0.3) is 22.3 Å². The van der Waals surface area contributed by atoms with Crippen molar-refractivity contribution in [1.82, 2.24) is 0 Å². The van der Waals surface area contributed by atoms with Gasteiger partial charge in [-0.2, -0.15) is 10.5 Å². The first-order valence-electron chi connectivity index (χ1n) is 5.74. The molecule has 1 heterocycles. The highest BCUT2D eigenvalue weighted by atomic mass is 16.3. The van der Waals surface area contributed by atoms with E-state index >= 15 is 0 Å². The highest BCUT2D eigenvalue weighted by molar-refractivity contribution is 5.84. The number of hydrogen-bond acceptors (Lipinski definition) is 3. The number of fused-ring (bicyclic) bond motifs is 1. The number of benzene rings is 2. The predicted molar refractivity (Wildman–Crippen MR) is 71.1 cm³/mol. The van der Waals surface area contributed by atoms with E-state index in [2.05, 4.69) is 12.1 Å². The molecular weight excluding hydrogens is 236 g/mol. The van der Waals surface area contributed by atoms with E-state index in [1.165, 1.54) is 0 Å². The summed E-state index contributed by atoms with van der Waals surface area (Å²) in [6.07, 6.45) is 0. The van der Waals surface area contributed by atoms with Gasteiger partial charge in [0.05, 0.1) is 23.3 Å². The Morgan fingerprint density at radius 1 is 0.789 bits per heavy atom. The fourth-order valence-corrected chi connectivity index (χ4v) is 1.96. The molecule has 0 aliphatic carbocycles. The number of furan rings is 1. The van der Waals surface area contributed by atoms with E-state index in [4.69, 9.17) is 14.9 Å². The molecule has 3 aromatic rings. The molecule has 0 unspecified atom stereocenters. The highest BCUT2D eigenvalue weighted by Gasteiger charge is 2.06. The lowest BCUT2D eigenvalue weighted by Gasteiger charge is -1.95. The summed E-state index contributed by atoms with van der Waals surface area (Å²) in [5, 5.41) is 18.5. The van der Waals surface area contributed by atoms with Crippen LogP contribution in [-0.4, -0.2) is 0 Å². The van der Waals surface area contributed by atoms with Gasteiger partial charge < -0.3 is 4.42 Å². The molecule has 88 valence electrons. The Balaban J connectivity index is 2.10. The van der Waals surface area contributed by atoms with Crippen LogP contribution in [0.15, 0.2) is 52.9 Å². The van der Waals surface area contributed by atoms with Crippen molar-refractivity contribution >= 4 is 11.0 Å². The Morgan fingerprint density at radius 2 is 1.47 bits per heavy atom. The van der Waals surface area contributed by atoms with Gasteiger partial charge in [0.15, 0.2) is 0 Å². The molecule has 0 saturated carbocycles. The SMILES string of the molecule is N#Cc1ccc(-c2cc3cc(C#N)ccc3o2)cc1. The summed E-state index contributed by atoms with van der Waals surface area (Å²) >= 11 is 0. The standard InChI is InChI=1S/C16H8N2O/c17-9-11-1-4-13(5-2-11)16-8-14-7-12(10-18)3-6-15(14)19-16/h1-8H. The maximum Gasteiger partial charge on any atom is 0.135 e. The summed E-state index contributed by atoms with van der Waals surface area (Å²) in [6, 6.07) is 18.6. The molecule has 3 rings (SSSR count). The minimum Gasteiger partial charge on any atom is -0.456 e. The zero-order valence-corrected chi connectivity index (χ0v) is 9.92. The molecule has 0 radical (unpaired) electrons. The smallest absolute Gasteiger partial charge is 0.135 e. The molecule has 0 fully saturated rings. The zero-order valence-electron chi connectivity index (χ0n) is 9.92. The highest BCUT2D eigenvalue weighted by Crippen LogP contribution is 2.28. The van der Waals surface area contributed by atoms with Crippen LogP contribution in [0, 0.1) is 22.7 Å². The summed E-state index contributed by atoms with van der Waals surface area (Å²) in [7, 11) is 0.